The van der Waals surface area contributed by atoms with Crippen LogP contribution in [0.25, 0.3) is 0 Å². The number of rotatable bonds is 8. The molecule has 25 heavy (non-hydrogen) atoms. The number of ether oxygens (including phenoxy) is 3. The molecule has 1 aliphatic rings. The van der Waals surface area contributed by atoms with Crippen molar-refractivity contribution in [1.29, 1.82) is 0 Å². The summed E-state index contributed by atoms with van der Waals surface area (Å²) in [6, 6.07) is 5.75. The molecular weight excluding hydrogens is 326 g/mol. The summed E-state index contributed by atoms with van der Waals surface area (Å²) in [4.78, 5) is 22.9. The Hall–Kier alpha value is -2.28. The largest absolute Gasteiger partial charge is 0.493 e. The first kappa shape index (κ1) is 19.1. The van der Waals surface area contributed by atoms with Crippen LogP contribution in [0.4, 0.5) is 0 Å². The minimum absolute atomic E-state index is 0.207. The van der Waals surface area contributed by atoms with Crippen molar-refractivity contribution in [3.05, 3.63) is 23.8 Å². The molecule has 1 aromatic rings. The minimum atomic E-state index is -1.02. The zero-order valence-electron chi connectivity index (χ0n) is 14.8. The number of carboxylic acids is 1. The molecule has 7 nitrogen and oxygen atoms in total. The van der Waals surface area contributed by atoms with Crippen LogP contribution in [0.3, 0.4) is 0 Å². The number of hydrogen-bond acceptors (Lipinski definition) is 5. The highest BCUT2D eigenvalue weighted by atomic mass is 16.5. The van der Waals surface area contributed by atoms with E-state index in [9.17, 15) is 9.59 Å². The van der Waals surface area contributed by atoms with Crippen LogP contribution in [0, 0.1) is 5.92 Å². The van der Waals surface area contributed by atoms with Crippen molar-refractivity contribution in [3.8, 4) is 11.5 Å². The summed E-state index contributed by atoms with van der Waals surface area (Å²) in [7, 11) is 3.19. The number of carbonyl (C=O) groups is 2. The van der Waals surface area contributed by atoms with Crippen molar-refractivity contribution in [2.45, 2.75) is 38.4 Å². The Morgan fingerprint density at radius 1 is 1.24 bits per heavy atom. The van der Waals surface area contributed by atoms with Crippen molar-refractivity contribution >= 4 is 11.9 Å². The molecule has 1 fully saturated rings. The topological polar surface area (TPSA) is 94.1 Å². The third-order valence-corrected chi connectivity index (χ3v) is 4.24. The van der Waals surface area contributed by atoms with E-state index in [1.54, 1.807) is 14.2 Å². The van der Waals surface area contributed by atoms with Crippen LogP contribution in [0.15, 0.2) is 18.2 Å². The Bertz CT molecular complexity index is 618. The second kappa shape index (κ2) is 8.71. The first-order valence-electron chi connectivity index (χ1n) is 8.31. The van der Waals surface area contributed by atoms with Gasteiger partial charge in [0.2, 0.25) is 5.91 Å². The summed E-state index contributed by atoms with van der Waals surface area (Å²) < 4.78 is 15.8. The van der Waals surface area contributed by atoms with Gasteiger partial charge in [-0.3, -0.25) is 4.79 Å². The van der Waals surface area contributed by atoms with Crippen molar-refractivity contribution in [1.82, 2.24) is 5.32 Å². The summed E-state index contributed by atoms with van der Waals surface area (Å²) in [6.07, 6.45) is 0.0279. The lowest BCUT2D eigenvalue weighted by Gasteiger charge is -2.16. The van der Waals surface area contributed by atoms with Crippen LogP contribution in [-0.2, 0) is 20.7 Å². The van der Waals surface area contributed by atoms with Gasteiger partial charge in [0.15, 0.2) is 17.6 Å². The van der Waals surface area contributed by atoms with Crippen LogP contribution < -0.4 is 14.8 Å². The predicted octanol–water partition coefficient (Wildman–Crippen LogP) is 1.63. The lowest BCUT2D eigenvalue weighted by Crippen LogP contribution is -2.38. The molecule has 0 radical (unpaired) electrons. The molecule has 138 valence electrons. The van der Waals surface area contributed by atoms with Crippen LogP contribution in [0.5, 0.6) is 11.5 Å². The van der Waals surface area contributed by atoms with Gasteiger partial charge >= 0.3 is 5.97 Å². The molecule has 3 atom stereocenters. The van der Waals surface area contributed by atoms with E-state index in [0.29, 0.717) is 30.9 Å². The number of benzene rings is 1. The average Bonchev–Trinajstić information content (AvgIpc) is 3.10. The summed E-state index contributed by atoms with van der Waals surface area (Å²) in [5.41, 5.74) is 1.09. The molecule has 0 spiro atoms. The van der Waals surface area contributed by atoms with Gasteiger partial charge in [-0.2, -0.15) is 0 Å². The van der Waals surface area contributed by atoms with Gasteiger partial charge in [-0.15, -0.1) is 0 Å². The first-order valence-corrected chi connectivity index (χ1v) is 8.31. The van der Waals surface area contributed by atoms with E-state index in [1.165, 1.54) is 0 Å². The van der Waals surface area contributed by atoms with E-state index in [1.807, 2.05) is 25.1 Å². The van der Waals surface area contributed by atoms with Crippen LogP contribution >= 0.6 is 0 Å². The van der Waals surface area contributed by atoms with Gasteiger partial charge in [-0.1, -0.05) is 13.0 Å². The lowest BCUT2D eigenvalue weighted by atomic mass is 10.0. The Balaban J connectivity index is 1.81. The lowest BCUT2D eigenvalue weighted by molar-refractivity contribution is -0.151. The maximum absolute atomic E-state index is 12.1. The van der Waals surface area contributed by atoms with Gasteiger partial charge < -0.3 is 24.6 Å². The Morgan fingerprint density at radius 2 is 1.92 bits per heavy atom. The first-order chi connectivity index (χ1) is 11.9. The Kier molecular flexibility index (Phi) is 6.64. The molecule has 7 heteroatoms. The number of amides is 1. The molecular formula is C18H25NO6. The Labute approximate surface area is 147 Å². The predicted molar refractivity (Wildman–Crippen MR) is 91.0 cm³/mol. The zero-order chi connectivity index (χ0) is 18.4. The fourth-order valence-corrected chi connectivity index (χ4v) is 2.88. The second-order valence-electron chi connectivity index (χ2n) is 6.27. The summed E-state index contributed by atoms with van der Waals surface area (Å²) in [6.45, 7) is 2.53. The number of nitrogens with one attached hydrogen (secondary N) is 1. The normalized spacial score (nSPS) is 20.8. The summed E-state index contributed by atoms with van der Waals surface area (Å²) >= 11 is 0. The van der Waals surface area contributed by atoms with Gasteiger partial charge in [0.1, 0.15) is 6.10 Å². The van der Waals surface area contributed by atoms with E-state index >= 15 is 0 Å². The smallest absolute Gasteiger partial charge is 0.332 e. The third-order valence-electron chi connectivity index (χ3n) is 4.24. The van der Waals surface area contributed by atoms with E-state index in [-0.39, 0.29) is 11.8 Å². The standard InChI is InChI=1S/C18H25NO6/c1-11(8-12-4-5-13(23-2)16(9-12)24-3)10-19-17(20)14-6-7-15(25-14)18(21)22/h4-5,9,11,14-15H,6-8,10H2,1-3H3,(H,19,20)(H,21,22)/t11?,14-,15+/m0/s1. The van der Waals surface area contributed by atoms with Gasteiger partial charge in [-0.05, 0) is 42.9 Å². The molecule has 0 aliphatic carbocycles. The number of aliphatic carboxylic acids is 1. The molecule has 1 saturated heterocycles. The van der Waals surface area contributed by atoms with Crippen molar-refractivity contribution in [3.63, 3.8) is 0 Å². The molecule has 1 aromatic carbocycles. The number of carbonyl (C=O) groups excluding carboxylic acids is 1. The fraction of sp³-hybridized carbons (Fsp3) is 0.556. The molecule has 1 heterocycles. The molecule has 1 unspecified atom stereocenters. The number of hydrogen-bond donors (Lipinski definition) is 2. The average molecular weight is 351 g/mol. The summed E-state index contributed by atoms with van der Waals surface area (Å²) in [5, 5.41) is 11.7. The SMILES string of the molecule is COc1ccc(CC(C)CNC(=O)[C@@H]2CC[C@H](C(=O)O)O2)cc1OC. The molecule has 1 amide bonds. The highest BCUT2D eigenvalue weighted by molar-refractivity contribution is 5.82. The fourth-order valence-electron chi connectivity index (χ4n) is 2.88. The van der Waals surface area contributed by atoms with Gasteiger partial charge in [0.25, 0.3) is 0 Å². The number of methoxy groups -OCH3 is 2. The van der Waals surface area contributed by atoms with E-state index in [0.717, 1.165) is 12.0 Å². The zero-order valence-corrected chi connectivity index (χ0v) is 14.8. The maximum atomic E-state index is 12.1. The van der Waals surface area contributed by atoms with Gasteiger partial charge in [-0.25, -0.2) is 4.79 Å². The van der Waals surface area contributed by atoms with Gasteiger partial charge in [0.05, 0.1) is 14.2 Å². The third kappa shape index (κ3) is 5.09. The molecule has 0 saturated carbocycles. The van der Waals surface area contributed by atoms with Crippen LogP contribution in [0.1, 0.15) is 25.3 Å². The minimum Gasteiger partial charge on any atom is -0.493 e. The Morgan fingerprint density at radius 3 is 2.52 bits per heavy atom. The van der Waals surface area contributed by atoms with Gasteiger partial charge in [0, 0.05) is 6.54 Å². The van der Waals surface area contributed by atoms with E-state index < -0.39 is 18.2 Å². The quantitative estimate of drug-likeness (QED) is 0.739. The molecule has 2 N–H and O–H groups in total. The van der Waals surface area contributed by atoms with E-state index in [2.05, 4.69) is 5.32 Å². The van der Waals surface area contributed by atoms with E-state index in [4.69, 9.17) is 19.3 Å². The van der Waals surface area contributed by atoms with Crippen molar-refractivity contribution in [2.75, 3.05) is 20.8 Å². The summed E-state index contributed by atoms with van der Waals surface area (Å²) in [5.74, 6) is 0.299. The van der Waals surface area contributed by atoms with Crippen LogP contribution in [-0.4, -0.2) is 50.0 Å². The highest BCUT2D eigenvalue weighted by Crippen LogP contribution is 2.28. The van der Waals surface area contributed by atoms with Crippen molar-refractivity contribution in [2.24, 2.45) is 5.92 Å². The molecule has 1 aliphatic heterocycles. The number of carboxylic acid groups (broad SMARTS) is 1. The second-order valence-corrected chi connectivity index (χ2v) is 6.27. The molecule has 2 rings (SSSR count). The maximum Gasteiger partial charge on any atom is 0.332 e. The monoisotopic (exact) mass is 351 g/mol. The van der Waals surface area contributed by atoms with Crippen molar-refractivity contribution < 1.29 is 28.9 Å². The molecule has 0 bridgehead atoms. The van der Waals surface area contributed by atoms with Crippen LogP contribution in [0.2, 0.25) is 0 Å². The highest BCUT2D eigenvalue weighted by Gasteiger charge is 2.34. The molecule has 0 aromatic heterocycles.